The maximum atomic E-state index is 12.2. The lowest BCUT2D eigenvalue weighted by Gasteiger charge is -2.14. The smallest absolute Gasteiger partial charge is 0.408 e. The van der Waals surface area contributed by atoms with Crippen LogP contribution in [0.5, 0.6) is 0 Å². The fourth-order valence-corrected chi connectivity index (χ4v) is 2.38. The number of carbonyl (C=O) groups is 3. The highest BCUT2D eigenvalue weighted by molar-refractivity contribution is 6.42. The Hall–Kier alpha value is -2.57. The Morgan fingerprint density at radius 2 is 1.73 bits per heavy atom. The number of benzene rings is 2. The molecule has 0 aliphatic rings. The molecule has 0 radical (unpaired) electrons. The maximum Gasteiger partial charge on any atom is 0.408 e. The summed E-state index contributed by atoms with van der Waals surface area (Å²) in [4.78, 5) is 35.4. The molecule has 0 heterocycles. The summed E-state index contributed by atoms with van der Waals surface area (Å²) in [5, 5.41) is 11.9. The number of halogens is 2. The lowest BCUT2D eigenvalue weighted by atomic mass is 10.0. The average Bonchev–Trinajstić information content (AvgIpc) is 2.62. The van der Waals surface area contributed by atoms with Crippen LogP contribution in [-0.4, -0.2) is 29.0 Å². The molecule has 0 saturated carbocycles. The summed E-state index contributed by atoms with van der Waals surface area (Å²) >= 11 is 11.6. The summed E-state index contributed by atoms with van der Waals surface area (Å²) in [6, 6.07) is 11.7. The number of ether oxygens (including phenoxy) is 1. The summed E-state index contributed by atoms with van der Waals surface area (Å²) in [5.41, 5.74) is 0.950. The van der Waals surface area contributed by atoms with E-state index in [1.807, 2.05) is 6.07 Å². The number of carboxylic acids is 1. The minimum atomic E-state index is -1.43. The molecule has 0 spiro atoms. The van der Waals surface area contributed by atoms with E-state index in [1.165, 1.54) is 18.2 Å². The lowest BCUT2D eigenvalue weighted by molar-refractivity contribution is -0.139. The van der Waals surface area contributed by atoms with Crippen molar-refractivity contribution in [3.05, 3.63) is 69.7 Å². The van der Waals surface area contributed by atoms with Crippen molar-refractivity contribution in [1.82, 2.24) is 5.32 Å². The molecule has 0 bridgehead atoms. The number of nitrogens with one attached hydrogen (secondary N) is 1. The van der Waals surface area contributed by atoms with Crippen molar-refractivity contribution in [3.63, 3.8) is 0 Å². The van der Waals surface area contributed by atoms with Crippen molar-refractivity contribution in [2.24, 2.45) is 0 Å². The molecular formula is C18H15Cl2NO5. The zero-order valence-corrected chi connectivity index (χ0v) is 15.0. The van der Waals surface area contributed by atoms with Crippen LogP contribution in [0.2, 0.25) is 10.0 Å². The standard InChI is InChI=1S/C18H15Cl2NO5/c19-13-7-6-12(8-14(13)20)16(22)9-15(17(23)24)21-18(25)26-10-11-4-2-1-3-5-11/h1-8,15H,9-10H2,(H,21,25)(H,23,24)/t15-/m1/s1. The van der Waals surface area contributed by atoms with E-state index in [1.54, 1.807) is 24.3 Å². The van der Waals surface area contributed by atoms with Gasteiger partial charge >= 0.3 is 12.1 Å². The lowest BCUT2D eigenvalue weighted by Crippen LogP contribution is -2.42. The van der Waals surface area contributed by atoms with Gasteiger partial charge in [0.25, 0.3) is 0 Å². The number of carboxylic acid groups (broad SMARTS) is 1. The highest BCUT2D eigenvalue weighted by Crippen LogP contribution is 2.23. The summed E-state index contributed by atoms with van der Waals surface area (Å²) in [6.07, 6.45) is -1.38. The van der Waals surface area contributed by atoms with Crippen molar-refractivity contribution in [2.45, 2.75) is 19.1 Å². The topological polar surface area (TPSA) is 92.7 Å². The molecule has 1 atom stereocenters. The predicted molar refractivity (Wildman–Crippen MR) is 96.6 cm³/mol. The summed E-state index contributed by atoms with van der Waals surface area (Å²) in [7, 11) is 0. The van der Waals surface area contributed by atoms with Gasteiger partial charge in [-0.15, -0.1) is 0 Å². The Labute approximate surface area is 159 Å². The van der Waals surface area contributed by atoms with E-state index in [2.05, 4.69) is 5.32 Å². The van der Waals surface area contributed by atoms with Gasteiger partial charge in [0.2, 0.25) is 0 Å². The molecule has 26 heavy (non-hydrogen) atoms. The zero-order chi connectivity index (χ0) is 19.1. The van der Waals surface area contributed by atoms with Crippen LogP contribution in [0.15, 0.2) is 48.5 Å². The number of alkyl carbamates (subject to hydrolysis) is 1. The molecule has 0 fully saturated rings. The van der Waals surface area contributed by atoms with Crippen LogP contribution >= 0.6 is 23.2 Å². The molecule has 0 aromatic heterocycles. The van der Waals surface area contributed by atoms with Crippen LogP contribution in [0.1, 0.15) is 22.3 Å². The van der Waals surface area contributed by atoms with Crippen LogP contribution in [0.3, 0.4) is 0 Å². The highest BCUT2D eigenvalue weighted by Gasteiger charge is 2.25. The predicted octanol–water partition coefficient (Wildman–Crippen LogP) is 3.95. The molecule has 2 N–H and O–H groups in total. The fraction of sp³-hybridized carbons (Fsp3) is 0.167. The second-order valence-electron chi connectivity index (χ2n) is 5.35. The van der Waals surface area contributed by atoms with Crippen LogP contribution < -0.4 is 5.32 Å². The quantitative estimate of drug-likeness (QED) is 0.692. The number of Topliss-reactive ketones (excluding diaryl/α,β-unsaturated/α-hetero) is 1. The van der Waals surface area contributed by atoms with Crippen molar-refractivity contribution >= 4 is 41.0 Å². The number of ketones is 1. The van der Waals surface area contributed by atoms with E-state index in [0.717, 1.165) is 5.56 Å². The van der Waals surface area contributed by atoms with Gasteiger partial charge in [-0.1, -0.05) is 53.5 Å². The summed E-state index contributed by atoms with van der Waals surface area (Å²) in [6.45, 7) is -0.0141. The van der Waals surface area contributed by atoms with Gasteiger partial charge in [-0.05, 0) is 23.8 Å². The number of hydrogen-bond donors (Lipinski definition) is 2. The van der Waals surface area contributed by atoms with Gasteiger partial charge in [0, 0.05) is 12.0 Å². The van der Waals surface area contributed by atoms with Crippen LogP contribution in [0.25, 0.3) is 0 Å². The normalized spacial score (nSPS) is 11.5. The van der Waals surface area contributed by atoms with Gasteiger partial charge < -0.3 is 15.2 Å². The Morgan fingerprint density at radius 1 is 1.04 bits per heavy atom. The number of amides is 1. The highest BCUT2D eigenvalue weighted by atomic mass is 35.5. The molecule has 0 saturated heterocycles. The SMILES string of the molecule is O=C(N[C@H](CC(=O)c1ccc(Cl)c(Cl)c1)C(=O)O)OCc1ccccc1. The summed E-state index contributed by atoms with van der Waals surface area (Å²) in [5.74, 6) is -1.85. The van der Waals surface area contributed by atoms with Gasteiger partial charge in [-0.2, -0.15) is 0 Å². The minimum absolute atomic E-state index is 0.0141. The minimum Gasteiger partial charge on any atom is -0.480 e. The van der Waals surface area contributed by atoms with Gasteiger partial charge in [0.05, 0.1) is 10.0 Å². The molecule has 1 amide bonds. The van der Waals surface area contributed by atoms with Gasteiger partial charge in [0.1, 0.15) is 12.6 Å². The molecule has 136 valence electrons. The third-order valence-corrected chi connectivity index (χ3v) is 4.17. The van der Waals surface area contributed by atoms with Crippen LogP contribution in [0.4, 0.5) is 4.79 Å². The van der Waals surface area contributed by atoms with Crippen molar-refractivity contribution < 1.29 is 24.2 Å². The number of rotatable bonds is 7. The number of hydrogen-bond acceptors (Lipinski definition) is 4. The monoisotopic (exact) mass is 395 g/mol. The first-order valence-corrected chi connectivity index (χ1v) is 8.30. The molecular weight excluding hydrogens is 381 g/mol. The molecule has 0 aliphatic carbocycles. The first-order chi connectivity index (χ1) is 12.4. The molecule has 2 aromatic rings. The Balaban J connectivity index is 1.95. The van der Waals surface area contributed by atoms with Crippen LogP contribution in [0, 0.1) is 0 Å². The average molecular weight is 396 g/mol. The molecule has 8 heteroatoms. The van der Waals surface area contributed by atoms with Gasteiger partial charge in [-0.25, -0.2) is 9.59 Å². The van der Waals surface area contributed by atoms with Gasteiger partial charge in [-0.3, -0.25) is 4.79 Å². The van der Waals surface area contributed by atoms with E-state index >= 15 is 0 Å². The second-order valence-corrected chi connectivity index (χ2v) is 6.17. The molecule has 2 rings (SSSR count). The molecule has 2 aromatic carbocycles. The van der Waals surface area contributed by atoms with E-state index in [0.29, 0.717) is 0 Å². The van der Waals surface area contributed by atoms with Crippen molar-refractivity contribution in [3.8, 4) is 0 Å². The first-order valence-electron chi connectivity index (χ1n) is 7.55. The fourth-order valence-electron chi connectivity index (χ4n) is 2.08. The largest absolute Gasteiger partial charge is 0.480 e. The third-order valence-electron chi connectivity index (χ3n) is 3.43. The Bertz CT molecular complexity index is 810. The Kier molecular flexibility index (Phi) is 7.00. The summed E-state index contributed by atoms with van der Waals surface area (Å²) < 4.78 is 4.97. The first kappa shape index (κ1) is 19.8. The van der Waals surface area contributed by atoms with Crippen LogP contribution in [-0.2, 0) is 16.1 Å². The Morgan fingerprint density at radius 3 is 2.35 bits per heavy atom. The molecule has 0 aliphatic heterocycles. The van der Waals surface area contributed by atoms with E-state index in [9.17, 15) is 19.5 Å². The van der Waals surface area contributed by atoms with Gasteiger partial charge in [0.15, 0.2) is 5.78 Å². The van der Waals surface area contributed by atoms with E-state index in [-0.39, 0.29) is 22.2 Å². The maximum absolute atomic E-state index is 12.2. The number of aliphatic carboxylic acids is 1. The third kappa shape index (κ3) is 5.75. The molecule has 0 unspecified atom stereocenters. The number of carbonyl (C=O) groups excluding carboxylic acids is 2. The van der Waals surface area contributed by atoms with E-state index in [4.69, 9.17) is 27.9 Å². The zero-order valence-electron chi connectivity index (χ0n) is 13.4. The van der Waals surface area contributed by atoms with Crippen molar-refractivity contribution in [1.29, 1.82) is 0 Å². The van der Waals surface area contributed by atoms with Crippen molar-refractivity contribution in [2.75, 3.05) is 0 Å². The second kappa shape index (κ2) is 9.22. The van der Waals surface area contributed by atoms with E-state index < -0.39 is 30.3 Å². The molecule has 6 nitrogen and oxygen atoms in total.